The van der Waals surface area contributed by atoms with E-state index in [2.05, 4.69) is 0 Å². The van der Waals surface area contributed by atoms with Crippen LogP contribution in [0.25, 0.3) is 6.08 Å². The summed E-state index contributed by atoms with van der Waals surface area (Å²) >= 11 is 0. The molecule has 0 spiro atoms. The highest BCUT2D eigenvalue weighted by atomic mass is 16.8. The zero-order valence-corrected chi connectivity index (χ0v) is 17.1. The molecule has 2 aliphatic heterocycles. The molecule has 1 fully saturated rings. The average Bonchev–Trinajstić information content (AvgIpc) is 2.95. The molecule has 0 saturated carbocycles. The lowest BCUT2D eigenvalue weighted by molar-refractivity contribution is -0.152. The molecule has 0 unspecified atom stereocenters. The third kappa shape index (κ3) is 4.98. The normalized spacial score (nSPS) is 31.7. The number of aliphatic hydroxyl groups is 1. The molecule has 7 heteroatoms. The summed E-state index contributed by atoms with van der Waals surface area (Å²) in [5, 5.41) is 20.9. The zero-order chi connectivity index (χ0) is 21.2. The number of rotatable bonds is 1. The summed E-state index contributed by atoms with van der Waals surface area (Å²) < 4.78 is 22.5. The van der Waals surface area contributed by atoms with Crippen LogP contribution in [0.15, 0.2) is 30.4 Å². The minimum absolute atomic E-state index is 0.0791. The van der Waals surface area contributed by atoms with Crippen molar-refractivity contribution in [3.8, 4) is 11.5 Å². The van der Waals surface area contributed by atoms with Gasteiger partial charge in [0.05, 0.1) is 13.2 Å². The highest BCUT2D eigenvalue weighted by Gasteiger charge is 2.43. The summed E-state index contributed by atoms with van der Waals surface area (Å²) in [4.78, 5) is 12.7. The van der Waals surface area contributed by atoms with Crippen LogP contribution in [0.5, 0.6) is 11.5 Å². The molecule has 4 atom stereocenters. The summed E-state index contributed by atoms with van der Waals surface area (Å²) in [7, 11) is 1.48. The number of carbonyl (C=O) groups is 1. The van der Waals surface area contributed by atoms with Crippen LogP contribution in [-0.4, -0.2) is 53.5 Å². The minimum Gasteiger partial charge on any atom is -0.507 e. The maximum absolute atomic E-state index is 12.7. The smallest absolute Gasteiger partial charge is 0.342 e. The highest BCUT2D eigenvalue weighted by Crippen LogP contribution is 2.34. The number of carbonyl (C=O) groups excluding carboxylic acids is 1. The van der Waals surface area contributed by atoms with Gasteiger partial charge < -0.3 is 29.2 Å². The molecule has 1 aromatic rings. The minimum atomic E-state index is -0.850. The first-order valence-electron chi connectivity index (χ1n) is 9.69. The predicted molar refractivity (Wildman–Crippen MR) is 107 cm³/mol. The zero-order valence-electron chi connectivity index (χ0n) is 17.1. The van der Waals surface area contributed by atoms with E-state index in [0.29, 0.717) is 24.2 Å². The van der Waals surface area contributed by atoms with Gasteiger partial charge in [-0.3, -0.25) is 0 Å². The number of benzene rings is 1. The van der Waals surface area contributed by atoms with Crippen LogP contribution in [0.4, 0.5) is 0 Å². The van der Waals surface area contributed by atoms with E-state index in [1.807, 2.05) is 6.08 Å². The Hall–Kier alpha value is -2.35. The van der Waals surface area contributed by atoms with Crippen LogP contribution >= 0.6 is 0 Å². The van der Waals surface area contributed by atoms with Crippen LogP contribution in [0.3, 0.4) is 0 Å². The number of aromatic hydroxyl groups is 1. The van der Waals surface area contributed by atoms with Crippen LogP contribution < -0.4 is 4.74 Å². The van der Waals surface area contributed by atoms with Crippen molar-refractivity contribution in [1.29, 1.82) is 0 Å². The number of ether oxygens (including phenoxy) is 4. The lowest BCUT2D eigenvalue weighted by Crippen LogP contribution is -2.34. The molecule has 158 valence electrons. The van der Waals surface area contributed by atoms with Crippen molar-refractivity contribution in [3.63, 3.8) is 0 Å². The first-order chi connectivity index (χ1) is 13.7. The lowest BCUT2D eigenvalue weighted by Gasteiger charge is -2.20. The van der Waals surface area contributed by atoms with E-state index in [1.54, 1.807) is 45.1 Å². The van der Waals surface area contributed by atoms with Crippen molar-refractivity contribution >= 4 is 12.0 Å². The molecular formula is C22H28O7. The molecule has 0 aliphatic carbocycles. The molecule has 7 nitrogen and oxygen atoms in total. The fourth-order valence-corrected chi connectivity index (χ4v) is 3.57. The van der Waals surface area contributed by atoms with Crippen LogP contribution in [0.1, 0.15) is 49.5 Å². The van der Waals surface area contributed by atoms with Gasteiger partial charge in [-0.1, -0.05) is 24.3 Å². The Balaban J connectivity index is 1.99. The summed E-state index contributed by atoms with van der Waals surface area (Å²) in [5.41, 5.74) is 0.553. The summed E-state index contributed by atoms with van der Waals surface area (Å²) in [6.45, 7) is 5.36. The molecule has 0 bridgehead atoms. The van der Waals surface area contributed by atoms with Crippen molar-refractivity contribution in [3.05, 3.63) is 41.5 Å². The monoisotopic (exact) mass is 404 g/mol. The number of esters is 1. The average molecular weight is 404 g/mol. The van der Waals surface area contributed by atoms with Crippen LogP contribution in [0, 0.1) is 0 Å². The molecule has 2 aliphatic rings. The molecule has 0 radical (unpaired) electrons. The molecule has 2 N–H and O–H groups in total. The number of phenolic OH excluding ortho intramolecular Hbond substituents is 1. The van der Waals surface area contributed by atoms with Gasteiger partial charge >= 0.3 is 5.97 Å². The van der Waals surface area contributed by atoms with Gasteiger partial charge in [0, 0.05) is 12.5 Å². The Labute approximate surface area is 170 Å². The molecule has 29 heavy (non-hydrogen) atoms. The van der Waals surface area contributed by atoms with Gasteiger partial charge in [0.25, 0.3) is 0 Å². The molecule has 2 heterocycles. The van der Waals surface area contributed by atoms with Gasteiger partial charge in [-0.15, -0.1) is 0 Å². The van der Waals surface area contributed by atoms with E-state index in [0.717, 1.165) is 0 Å². The molecule has 3 rings (SSSR count). The maximum Gasteiger partial charge on any atom is 0.342 e. The van der Waals surface area contributed by atoms with Crippen molar-refractivity contribution in [1.82, 2.24) is 0 Å². The highest BCUT2D eigenvalue weighted by molar-refractivity contribution is 5.97. The van der Waals surface area contributed by atoms with Gasteiger partial charge in [-0.2, -0.15) is 0 Å². The van der Waals surface area contributed by atoms with Crippen molar-refractivity contribution in [2.45, 2.75) is 63.8 Å². The number of phenols is 1. The number of fused-ring (bicyclic) bond motifs is 2. The first kappa shape index (κ1) is 21.4. The third-order valence-corrected chi connectivity index (χ3v) is 4.89. The largest absolute Gasteiger partial charge is 0.507 e. The Bertz CT molecular complexity index is 812. The number of aliphatic hydroxyl groups excluding tert-OH is 1. The van der Waals surface area contributed by atoms with Gasteiger partial charge in [0.2, 0.25) is 0 Å². The van der Waals surface area contributed by atoms with Crippen molar-refractivity contribution in [2.75, 3.05) is 7.11 Å². The maximum atomic E-state index is 12.7. The lowest BCUT2D eigenvalue weighted by atomic mass is 10.0. The molecule has 0 aromatic heterocycles. The van der Waals surface area contributed by atoms with Gasteiger partial charge in [0.1, 0.15) is 35.4 Å². The Morgan fingerprint density at radius 1 is 1.17 bits per heavy atom. The fraction of sp³-hybridized carbons (Fsp3) is 0.500. The summed E-state index contributed by atoms with van der Waals surface area (Å²) in [5.74, 6) is -1.22. The Morgan fingerprint density at radius 3 is 2.66 bits per heavy atom. The van der Waals surface area contributed by atoms with Crippen LogP contribution in [0.2, 0.25) is 0 Å². The SMILES string of the molecule is COc1cc(O)c2c(c1)/C=C/C[C@@H]1OC(C)(C)O[C@@H]1[C@H](O)/C=C\C[C@H](C)OC2=O. The molecular weight excluding hydrogens is 376 g/mol. The number of hydrogen-bond acceptors (Lipinski definition) is 7. The number of methoxy groups -OCH3 is 1. The topological polar surface area (TPSA) is 94.5 Å². The number of hydrogen-bond donors (Lipinski definition) is 2. The predicted octanol–water partition coefficient (Wildman–Crippen LogP) is 3.19. The third-order valence-electron chi connectivity index (χ3n) is 4.89. The quantitative estimate of drug-likeness (QED) is 0.548. The fourth-order valence-electron chi connectivity index (χ4n) is 3.57. The van der Waals surface area contributed by atoms with E-state index in [-0.39, 0.29) is 17.4 Å². The van der Waals surface area contributed by atoms with Gasteiger partial charge in [-0.05, 0) is 38.8 Å². The van der Waals surface area contributed by atoms with Gasteiger partial charge in [-0.25, -0.2) is 4.79 Å². The van der Waals surface area contributed by atoms with Crippen LogP contribution in [-0.2, 0) is 14.2 Å². The van der Waals surface area contributed by atoms with E-state index in [4.69, 9.17) is 18.9 Å². The molecule has 0 amide bonds. The van der Waals surface area contributed by atoms with Gasteiger partial charge in [0.15, 0.2) is 5.79 Å². The Kier molecular flexibility index (Phi) is 6.31. The first-order valence-corrected chi connectivity index (χ1v) is 9.69. The van der Waals surface area contributed by atoms with E-state index in [1.165, 1.54) is 13.2 Å². The van der Waals surface area contributed by atoms with E-state index < -0.39 is 30.1 Å². The molecule has 1 saturated heterocycles. The number of cyclic esters (lactones) is 1. The standard InChI is InChI=1S/C22H28O7/c1-13-7-5-9-16(23)20-18(28-22(2,3)29-20)10-6-8-14-11-15(26-4)12-17(24)19(14)21(25)27-13/h5-6,8-9,11-13,16,18,20,23-24H,7,10H2,1-4H3/b8-6+,9-5-/t13-,16+,18-,20+/m0/s1. The van der Waals surface area contributed by atoms with E-state index >= 15 is 0 Å². The van der Waals surface area contributed by atoms with E-state index in [9.17, 15) is 15.0 Å². The second-order valence-corrected chi connectivity index (χ2v) is 7.76. The second kappa shape index (κ2) is 8.57. The van der Waals surface area contributed by atoms with Crippen molar-refractivity contribution in [2.24, 2.45) is 0 Å². The summed E-state index contributed by atoms with van der Waals surface area (Å²) in [6.07, 6.45) is 5.60. The molecule has 1 aromatic carbocycles. The van der Waals surface area contributed by atoms with Crippen molar-refractivity contribution < 1.29 is 34.0 Å². The second-order valence-electron chi connectivity index (χ2n) is 7.76. The summed E-state index contributed by atoms with van der Waals surface area (Å²) in [6, 6.07) is 3.04. The Morgan fingerprint density at radius 2 is 1.93 bits per heavy atom.